The normalized spacial score (nSPS) is 14.9. The molecule has 0 unspecified atom stereocenters. The van der Waals surface area contributed by atoms with Gasteiger partial charge in [0, 0.05) is 15.8 Å². The average Bonchev–Trinajstić information content (AvgIpc) is 3.07. The highest BCUT2D eigenvalue weighted by Gasteiger charge is 2.17. The highest BCUT2D eigenvalue weighted by molar-refractivity contribution is 7.21. The molecule has 1 aromatic heterocycles. The second kappa shape index (κ2) is 8.97. The van der Waals surface area contributed by atoms with E-state index in [0.717, 1.165) is 40.5 Å². The van der Waals surface area contributed by atoms with Gasteiger partial charge in [0.2, 0.25) is 0 Å². The Bertz CT molecular complexity index is 945. The number of anilines is 1. The summed E-state index contributed by atoms with van der Waals surface area (Å²) in [7, 11) is 0. The number of fused-ring (bicyclic) bond motifs is 1. The van der Waals surface area contributed by atoms with Crippen LogP contribution in [0.15, 0.2) is 48.5 Å². The number of benzene rings is 2. The van der Waals surface area contributed by atoms with Crippen molar-refractivity contribution in [1.82, 2.24) is 0 Å². The molecule has 3 nitrogen and oxygen atoms in total. The maximum Gasteiger partial charge on any atom is 0.267 e. The van der Waals surface area contributed by atoms with Gasteiger partial charge in [-0.2, -0.15) is 0 Å². The summed E-state index contributed by atoms with van der Waals surface area (Å²) in [6.45, 7) is 0.758. The van der Waals surface area contributed by atoms with E-state index in [0.29, 0.717) is 9.90 Å². The third-order valence-corrected chi connectivity index (χ3v) is 7.05. The molecule has 28 heavy (non-hydrogen) atoms. The lowest BCUT2D eigenvalue weighted by Crippen LogP contribution is -2.11. The molecule has 1 saturated carbocycles. The molecule has 5 heteroatoms. The zero-order valence-corrected chi connectivity index (χ0v) is 17.3. The molecule has 1 aliphatic rings. The van der Waals surface area contributed by atoms with Gasteiger partial charge in [-0.1, -0.05) is 61.9 Å². The molecule has 0 radical (unpaired) electrons. The maximum absolute atomic E-state index is 12.6. The van der Waals surface area contributed by atoms with Gasteiger partial charge in [0.15, 0.2) is 0 Å². The topological polar surface area (TPSA) is 38.3 Å². The summed E-state index contributed by atoms with van der Waals surface area (Å²) in [5.74, 6) is 1.48. The Morgan fingerprint density at radius 1 is 1.07 bits per heavy atom. The van der Waals surface area contributed by atoms with Crippen LogP contribution in [0, 0.1) is 5.92 Å². The quantitative estimate of drug-likeness (QED) is 0.465. The minimum Gasteiger partial charge on any atom is -0.494 e. The van der Waals surface area contributed by atoms with E-state index in [9.17, 15) is 4.79 Å². The molecule has 1 heterocycles. The van der Waals surface area contributed by atoms with Crippen molar-refractivity contribution >= 4 is 44.6 Å². The molecule has 0 bridgehead atoms. The van der Waals surface area contributed by atoms with E-state index in [1.54, 1.807) is 0 Å². The van der Waals surface area contributed by atoms with Gasteiger partial charge >= 0.3 is 0 Å². The molecule has 2 aromatic carbocycles. The molecule has 0 atom stereocenters. The summed E-state index contributed by atoms with van der Waals surface area (Å²) >= 11 is 7.80. The van der Waals surface area contributed by atoms with Crippen LogP contribution in [0.2, 0.25) is 5.02 Å². The van der Waals surface area contributed by atoms with Gasteiger partial charge in [-0.25, -0.2) is 0 Å². The molecular weight excluding hydrogens is 390 g/mol. The zero-order valence-electron chi connectivity index (χ0n) is 15.7. The summed E-state index contributed by atoms with van der Waals surface area (Å²) in [4.78, 5) is 13.2. The number of ether oxygens (including phenoxy) is 1. The standard InChI is InChI=1S/C23H24ClNO2S/c24-21-19-8-4-5-9-20(19)28-22(21)23(26)25-17-10-12-18(13-11-17)27-15-14-16-6-2-1-3-7-16/h4-5,8-13,16H,1-3,6-7,14-15H2,(H,25,26). The molecule has 0 saturated heterocycles. The van der Waals surface area contributed by atoms with Gasteiger partial charge in [-0.3, -0.25) is 4.79 Å². The molecule has 0 aliphatic heterocycles. The minimum absolute atomic E-state index is 0.183. The van der Waals surface area contributed by atoms with Gasteiger partial charge in [0.1, 0.15) is 10.6 Å². The van der Waals surface area contributed by atoms with Crippen molar-refractivity contribution in [3.8, 4) is 5.75 Å². The highest BCUT2D eigenvalue weighted by Crippen LogP contribution is 2.35. The van der Waals surface area contributed by atoms with Crippen LogP contribution in [0.3, 0.4) is 0 Å². The minimum atomic E-state index is -0.183. The number of amides is 1. The first-order valence-corrected chi connectivity index (χ1v) is 11.1. The molecule has 146 valence electrons. The van der Waals surface area contributed by atoms with Crippen molar-refractivity contribution in [2.24, 2.45) is 5.92 Å². The van der Waals surface area contributed by atoms with E-state index >= 15 is 0 Å². The fraction of sp³-hybridized carbons (Fsp3) is 0.348. The van der Waals surface area contributed by atoms with Crippen LogP contribution in [-0.4, -0.2) is 12.5 Å². The molecule has 1 N–H and O–H groups in total. The molecule has 1 amide bonds. The van der Waals surface area contributed by atoms with Gasteiger partial charge < -0.3 is 10.1 Å². The highest BCUT2D eigenvalue weighted by atomic mass is 35.5. The third kappa shape index (κ3) is 4.50. The SMILES string of the molecule is O=C(Nc1ccc(OCCC2CCCCC2)cc1)c1sc2ccccc2c1Cl. The Balaban J connectivity index is 1.33. The van der Waals surface area contributed by atoms with E-state index in [1.165, 1.54) is 43.4 Å². The number of thiophene rings is 1. The Morgan fingerprint density at radius 2 is 1.82 bits per heavy atom. The monoisotopic (exact) mass is 413 g/mol. The first-order valence-electron chi connectivity index (χ1n) is 9.92. The molecule has 0 spiro atoms. The number of carbonyl (C=O) groups is 1. The first-order chi connectivity index (χ1) is 13.7. The van der Waals surface area contributed by atoms with E-state index in [-0.39, 0.29) is 5.91 Å². The first kappa shape index (κ1) is 19.3. The van der Waals surface area contributed by atoms with E-state index in [4.69, 9.17) is 16.3 Å². The van der Waals surface area contributed by atoms with E-state index < -0.39 is 0 Å². The van der Waals surface area contributed by atoms with Crippen molar-refractivity contribution in [2.75, 3.05) is 11.9 Å². The van der Waals surface area contributed by atoms with Crippen LogP contribution >= 0.6 is 22.9 Å². The smallest absolute Gasteiger partial charge is 0.267 e. The average molecular weight is 414 g/mol. The van der Waals surface area contributed by atoms with Crippen molar-refractivity contribution in [3.05, 3.63) is 58.4 Å². The number of nitrogens with one attached hydrogen (secondary N) is 1. The largest absolute Gasteiger partial charge is 0.494 e. The second-order valence-corrected chi connectivity index (χ2v) is 8.79. The molecule has 1 aliphatic carbocycles. The van der Waals surface area contributed by atoms with Gasteiger partial charge in [-0.05, 0) is 42.7 Å². The number of carbonyl (C=O) groups excluding carboxylic acids is 1. The summed E-state index contributed by atoms with van der Waals surface area (Å²) in [5, 5.41) is 4.36. The Hall–Kier alpha value is -2.04. The van der Waals surface area contributed by atoms with Gasteiger partial charge in [-0.15, -0.1) is 11.3 Å². The van der Waals surface area contributed by atoms with Crippen LogP contribution in [0.4, 0.5) is 5.69 Å². The lowest BCUT2D eigenvalue weighted by Gasteiger charge is -2.21. The van der Waals surface area contributed by atoms with Gasteiger partial charge in [0.05, 0.1) is 11.6 Å². The number of rotatable bonds is 6. The summed E-state index contributed by atoms with van der Waals surface area (Å²) < 4.78 is 6.89. The van der Waals surface area contributed by atoms with Gasteiger partial charge in [0.25, 0.3) is 5.91 Å². The fourth-order valence-corrected chi connectivity index (χ4v) is 5.21. The predicted molar refractivity (Wildman–Crippen MR) is 118 cm³/mol. The van der Waals surface area contributed by atoms with Crippen LogP contribution in [-0.2, 0) is 0 Å². The predicted octanol–water partition coefficient (Wildman–Crippen LogP) is 7.16. The van der Waals surface area contributed by atoms with Crippen LogP contribution < -0.4 is 10.1 Å². The molecule has 1 fully saturated rings. The van der Waals surface area contributed by atoms with Crippen LogP contribution in [0.25, 0.3) is 10.1 Å². The van der Waals surface area contributed by atoms with Crippen molar-refractivity contribution in [1.29, 1.82) is 0 Å². The lowest BCUT2D eigenvalue weighted by atomic mass is 9.87. The lowest BCUT2D eigenvalue weighted by molar-refractivity contribution is 0.103. The van der Waals surface area contributed by atoms with Crippen molar-refractivity contribution in [3.63, 3.8) is 0 Å². The maximum atomic E-state index is 12.6. The Morgan fingerprint density at radius 3 is 2.57 bits per heavy atom. The fourth-order valence-electron chi connectivity index (χ4n) is 3.80. The zero-order chi connectivity index (χ0) is 19.3. The third-order valence-electron chi connectivity index (χ3n) is 5.37. The number of hydrogen-bond acceptors (Lipinski definition) is 3. The Kier molecular flexibility index (Phi) is 6.18. The number of halogens is 1. The Labute approximate surface area is 174 Å². The summed E-state index contributed by atoms with van der Waals surface area (Å²) in [5.41, 5.74) is 0.734. The van der Waals surface area contributed by atoms with Crippen molar-refractivity contribution < 1.29 is 9.53 Å². The van der Waals surface area contributed by atoms with E-state index in [2.05, 4.69) is 5.32 Å². The van der Waals surface area contributed by atoms with Crippen LogP contribution in [0.5, 0.6) is 5.75 Å². The second-order valence-electron chi connectivity index (χ2n) is 7.36. The molecule has 4 rings (SSSR count). The summed E-state index contributed by atoms with van der Waals surface area (Å²) in [6.07, 6.45) is 7.93. The molecular formula is C23H24ClNO2S. The van der Waals surface area contributed by atoms with Crippen molar-refractivity contribution in [2.45, 2.75) is 38.5 Å². The number of hydrogen-bond donors (Lipinski definition) is 1. The molecule has 3 aromatic rings. The summed E-state index contributed by atoms with van der Waals surface area (Å²) in [6, 6.07) is 15.3. The van der Waals surface area contributed by atoms with Crippen LogP contribution in [0.1, 0.15) is 48.2 Å². The van der Waals surface area contributed by atoms with E-state index in [1.807, 2.05) is 48.5 Å².